The number of aromatic nitrogens is 2. The maximum absolute atomic E-state index is 13.6. The van der Waals surface area contributed by atoms with E-state index in [4.69, 9.17) is 4.52 Å². The summed E-state index contributed by atoms with van der Waals surface area (Å²) in [6.45, 7) is 10.6. The van der Waals surface area contributed by atoms with Crippen molar-refractivity contribution in [1.82, 2.24) is 24.8 Å². The largest absolute Gasteiger partial charge is 0.361 e. The summed E-state index contributed by atoms with van der Waals surface area (Å²) in [4.78, 5) is 18.0. The maximum atomic E-state index is 13.6. The monoisotopic (exact) mass is 449 g/mol. The van der Waals surface area contributed by atoms with Crippen molar-refractivity contribution in [2.75, 3.05) is 33.2 Å². The molecule has 176 valence electrons. The van der Waals surface area contributed by atoms with Crippen LogP contribution in [0.25, 0.3) is 10.9 Å². The van der Waals surface area contributed by atoms with E-state index < -0.39 is 0 Å². The molecule has 0 bridgehead atoms. The van der Waals surface area contributed by atoms with Crippen LogP contribution in [-0.4, -0.2) is 64.7 Å². The van der Waals surface area contributed by atoms with E-state index in [1.165, 1.54) is 22.0 Å². The molecule has 2 unspecified atom stereocenters. The van der Waals surface area contributed by atoms with Crippen molar-refractivity contribution in [2.24, 2.45) is 5.92 Å². The molecule has 1 aromatic carbocycles. The molecule has 7 nitrogen and oxygen atoms in total. The van der Waals surface area contributed by atoms with Gasteiger partial charge in [-0.15, -0.1) is 0 Å². The number of amides is 1. The van der Waals surface area contributed by atoms with Crippen LogP contribution in [0.3, 0.4) is 0 Å². The zero-order valence-corrected chi connectivity index (χ0v) is 20.2. The minimum atomic E-state index is -0.210. The number of hydrogen-bond donors (Lipinski definition) is 1. The molecule has 3 aromatic rings. The lowest BCUT2D eigenvalue weighted by Crippen LogP contribution is -2.54. The third kappa shape index (κ3) is 4.44. The third-order valence-corrected chi connectivity index (χ3v) is 7.05. The summed E-state index contributed by atoms with van der Waals surface area (Å²) in [6, 6.07) is 8.50. The molecule has 2 aliphatic rings. The van der Waals surface area contributed by atoms with Gasteiger partial charge < -0.3 is 18.9 Å². The molecule has 2 aromatic heterocycles. The van der Waals surface area contributed by atoms with Crippen LogP contribution >= 0.6 is 0 Å². The number of likely N-dealkylation sites (N-methyl/N-ethyl adjacent to an activating group) is 1. The van der Waals surface area contributed by atoms with Crippen LogP contribution in [0, 0.1) is 12.8 Å². The number of benzene rings is 1. The Kier molecular flexibility index (Phi) is 6.01. The van der Waals surface area contributed by atoms with Gasteiger partial charge in [-0.05, 0) is 49.9 Å². The lowest BCUT2D eigenvalue weighted by atomic mass is 9.94. The highest BCUT2D eigenvalue weighted by Crippen LogP contribution is 2.36. The van der Waals surface area contributed by atoms with Gasteiger partial charge in [0.2, 0.25) is 5.91 Å². The fourth-order valence-corrected chi connectivity index (χ4v) is 5.40. The van der Waals surface area contributed by atoms with Crippen LogP contribution in [0.2, 0.25) is 0 Å². The quantitative estimate of drug-likeness (QED) is 0.647. The number of carbonyl (C=O) groups excluding carboxylic acids is 1. The second-order valence-electron chi connectivity index (χ2n) is 10.2. The Morgan fingerprint density at radius 2 is 2.03 bits per heavy atom. The molecule has 2 atom stereocenters. The van der Waals surface area contributed by atoms with Crippen molar-refractivity contribution < 1.29 is 9.32 Å². The normalized spacial score (nSPS) is 21.7. The molecule has 2 aliphatic heterocycles. The zero-order valence-electron chi connectivity index (χ0n) is 20.2. The first kappa shape index (κ1) is 22.2. The van der Waals surface area contributed by atoms with Crippen LogP contribution in [-0.2, 0) is 17.8 Å². The molecule has 4 heterocycles. The Hall–Kier alpha value is -2.64. The lowest BCUT2D eigenvalue weighted by Gasteiger charge is -2.35. The number of nitrogens with zero attached hydrogens (tertiary/aromatic N) is 4. The smallest absolute Gasteiger partial charge is 0.240 e. The molecule has 1 N–H and O–H groups in total. The van der Waals surface area contributed by atoms with Crippen molar-refractivity contribution in [1.29, 1.82) is 0 Å². The minimum absolute atomic E-state index is 0.154. The van der Waals surface area contributed by atoms with E-state index >= 15 is 0 Å². The van der Waals surface area contributed by atoms with Crippen LogP contribution in [0.15, 0.2) is 35.0 Å². The number of nitrogens with one attached hydrogen (secondary N) is 1. The molecule has 1 amide bonds. The minimum Gasteiger partial charge on any atom is -0.361 e. The van der Waals surface area contributed by atoms with Crippen LogP contribution in [0.5, 0.6) is 0 Å². The molecule has 0 saturated carbocycles. The zero-order chi connectivity index (χ0) is 23.1. The van der Waals surface area contributed by atoms with E-state index in [1.807, 2.05) is 17.9 Å². The second kappa shape index (κ2) is 8.95. The average molecular weight is 450 g/mol. The van der Waals surface area contributed by atoms with Gasteiger partial charge in [-0.3, -0.25) is 10.1 Å². The molecule has 5 rings (SSSR count). The van der Waals surface area contributed by atoms with Crippen LogP contribution in [0.4, 0.5) is 0 Å². The Morgan fingerprint density at radius 3 is 2.73 bits per heavy atom. The lowest BCUT2D eigenvalue weighted by molar-refractivity contribution is -0.135. The molecule has 1 fully saturated rings. The van der Waals surface area contributed by atoms with Gasteiger partial charge in [0.05, 0.1) is 12.6 Å². The predicted octanol–water partition coefficient (Wildman–Crippen LogP) is 3.36. The SMILES string of the molecule is Cc1cc(Cn2cc3c4c(cccc42)C(CC(C)C)NC(C(=O)N2CCN(C)CC2)C3)no1. The fraction of sp³-hybridized carbons (Fsp3) is 0.538. The van der Waals surface area contributed by atoms with E-state index in [9.17, 15) is 4.79 Å². The van der Waals surface area contributed by atoms with Gasteiger partial charge in [0, 0.05) is 55.4 Å². The van der Waals surface area contributed by atoms with Gasteiger partial charge in [0.1, 0.15) is 11.5 Å². The van der Waals surface area contributed by atoms with E-state index in [0.717, 1.165) is 44.1 Å². The predicted molar refractivity (Wildman–Crippen MR) is 129 cm³/mol. The number of piperazine rings is 1. The molecular formula is C26H35N5O2. The molecule has 0 aliphatic carbocycles. The summed E-state index contributed by atoms with van der Waals surface area (Å²) in [6.07, 6.45) is 3.93. The Bertz CT molecular complexity index is 1140. The summed E-state index contributed by atoms with van der Waals surface area (Å²) in [7, 11) is 2.12. The second-order valence-corrected chi connectivity index (χ2v) is 10.2. The highest BCUT2D eigenvalue weighted by Gasteiger charge is 2.33. The highest BCUT2D eigenvalue weighted by molar-refractivity contribution is 5.90. The Morgan fingerprint density at radius 1 is 1.24 bits per heavy atom. The van der Waals surface area contributed by atoms with Gasteiger partial charge in [-0.25, -0.2) is 0 Å². The molecule has 0 spiro atoms. The molecule has 1 saturated heterocycles. The molecular weight excluding hydrogens is 414 g/mol. The number of rotatable bonds is 5. The van der Waals surface area contributed by atoms with E-state index in [1.54, 1.807) is 0 Å². The number of carbonyl (C=O) groups is 1. The topological polar surface area (TPSA) is 66.5 Å². The van der Waals surface area contributed by atoms with E-state index in [2.05, 4.69) is 65.2 Å². The van der Waals surface area contributed by atoms with Crippen LogP contribution < -0.4 is 5.32 Å². The fourth-order valence-electron chi connectivity index (χ4n) is 5.40. The van der Waals surface area contributed by atoms with E-state index in [0.29, 0.717) is 18.9 Å². The summed E-state index contributed by atoms with van der Waals surface area (Å²) in [5, 5.41) is 9.28. The first-order valence-corrected chi connectivity index (χ1v) is 12.1. The van der Waals surface area contributed by atoms with Crippen molar-refractivity contribution in [3.05, 3.63) is 53.0 Å². The average Bonchev–Trinajstić information content (AvgIpc) is 3.31. The first-order chi connectivity index (χ1) is 15.9. The third-order valence-electron chi connectivity index (χ3n) is 7.05. The summed E-state index contributed by atoms with van der Waals surface area (Å²) in [5.74, 6) is 1.58. The maximum Gasteiger partial charge on any atom is 0.240 e. The van der Waals surface area contributed by atoms with Gasteiger partial charge in [0.15, 0.2) is 0 Å². The molecule has 7 heteroatoms. The van der Waals surface area contributed by atoms with Crippen molar-refractivity contribution in [2.45, 2.75) is 52.2 Å². The highest BCUT2D eigenvalue weighted by atomic mass is 16.5. The van der Waals surface area contributed by atoms with Crippen molar-refractivity contribution >= 4 is 16.8 Å². The van der Waals surface area contributed by atoms with Gasteiger partial charge in [-0.1, -0.05) is 31.1 Å². The Labute approximate surface area is 195 Å². The summed E-state index contributed by atoms with van der Waals surface area (Å²) in [5.41, 5.74) is 4.67. The summed E-state index contributed by atoms with van der Waals surface area (Å²) >= 11 is 0. The number of aryl methyl sites for hydroxylation is 1. The molecule has 0 radical (unpaired) electrons. The van der Waals surface area contributed by atoms with Crippen LogP contribution in [0.1, 0.15) is 48.9 Å². The van der Waals surface area contributed by atoms with Gasteiger partial charge >= 0.3 is 0 Å². The number of hydrogen-bond acceptors (Lipinski definition) is 5. The molecule has 33 heavy (non-hydrogen) atoms. The van der Waals surface area contributed by atoms with Crippen molar-refractivity contribution in [3.63, 3.8) is 0 Å². The van der Waals surface area contributed by atoms with Crippen molar-refractivity contribution in [3.8, 4) is 0 Å². The first-order valence-electron chi connectivity index (χ1n) is 12.1. The Balaban J connectivity index is 1.52. The van der Waals surface area contributed by atoms with E-state index in [-0.39, 0.29) is 18.0 Å². The van der Waals surface area contributed by atoms with Gasteiger partial charge in [0.25, 0.3) is 0 Å². The van der Waals surface area contributed by atoms with Gasteiger partial charge in [-0.2, -0.15) is 0 Å². The summed E-state index contributed by atoms with van der Waals surface area (Å²) < 4.78 is 7.56. The standard InChI is InChI=1S/C26H35N5O2/c1-17(2)12-22-21-6-5-7-24-25(21)19(15-31(24)16-20-13-18(3)33-28-20)14-23(27-22)26(32)30-10-8-29(4)9-11-30/h5-7,13,15,17,22-23,27H,8-12,14,16H2,1-4H3.